The number of carbonyl (C=O) groups excluding carboxylic acids is 2. The predicted octanol–water partition coefficient (Wildman–Crippen LogP) is 3.54. The number of hydrogen-bond acceptors (Lipinski definition) is 10. The highest BCUT2D eigenvalue weighted by Gasteiger charge is 2.35. The van der Waals surface area contributed by atoms with Crippen molar-refractivity contribution < 1.29 is 33.3 Å². The fraction of sp³-hybridized carbons (Fsp3) is 0.355. The molecule has 2 heterocycles. The van der Waals surface area contributed by atoms with Gasteiger partial charge in [0.25, 0.3) is 5.56 Å². The van der Waals surface area contributed by atoms with Gasteiger partial charge in [0.05, 0.1) is 42.7 Å². The van der Waals surface area contributed by atoms with Crippen molar-refractivity contribution in [3.05, 3.63) is 84.5 Å². The zero-order valence-electron chi connectivity index (χ0n) is 24.3. The second kappa shape index (κ2) is 14.0. The minimum atomic E-state index is -0.788. The van der Waals surface area contributed by atoms with Gasteiger partial charge in [0.15, 0.2) is 22.9 Å². The van der Waals surface area contributed by atoms with E-state index in [9.17, 15) is 14.4 Å². The molecule has 222 valence electrons. The van der Waals surface area contributed by atoms with Gasteiger partial charge >= 0.3 is 11.9 Å². The van der Waals surface area contributed by atoms with E-state index in [0.29, 0.717) is 50.0 Å². The van der Waals surface area contributed by atoms with Crippen LogP contribution in [0.15, 0.2) is 63.5 Å². The first-order valence-electron chi connectivity index (χ1n) is 13.7. The van der Waals surface area contributed by atoms with Crippen molar-refractivity contribution in [3.8, 4) is 17.2 Å². The number of benzene rings is 2. The molecule has 0 aliphatic carbocycles. The van der Waals surface area contributed by atoms with E-state index in [4.69, 9.17) is 23.7 Å². The van der Waals surface area contributed by atoms with Crippen molar-refractivity contribution in [3.63, 3.8) is 0 Å². The molecule has 1 atom stereocenters. The molecule has 1 aromatic heterocycles. The van der Waals surface area contributed by atoms with Crippen LogP contribution in [0.25, 0.3) is 6.08 Å². The Bertz CT molecular complexity index is 1670. The fourth-order valence-corrected chi connectivity index (χ4v) is 5.57. The average Bonchev–Trinajstić information content (AvgIpc) is 3.28. The van der Waals surface area contributed by atoms with E-state index in [2.05, 4.69) is 4.99 Å². The standard InChI is InChI=1S/C31H34N2O8S/c1-6-15-40-22-12-10-9-11-21(22)28-27(30(36)39-8-3)19(4)32-31-33(28)29(35)25(42-31)17-20-13-14-23(24(16-20)37-5)41-18-26(34)38-7-2/h9-14,16-17,28H,6-8,15,18H2,1-5H3/b25-17-/t28-/m1/s1. The van der Waals surface area contributed by atoms with E-state index < -0.39 is 18.0 Å². The molecule has 0 saturated heterocycles. The van der Waals surface area contributed by atoms with Crippen molar-refractivity contribution in [1.29, 1.82) is 0 Å². The lowest BCUT2D eigenvalue weighted by Crippen LogP contribution is -2.40. The van der Waals surface area contributed by atoms with E-state index in [1.54, 1.807) is 45.0 Å². The van der Waals surface area contributed by atoms with Crippen LogP contribution in [0.1, 0.15) is 51.3 Å². The Hall–Kier alpha value is -4.38. The molecule has 0 radical (unpaired) electrons. The summed E-state index contributed by atoms with van der Waals surface area (Å²) < 4.78 is 29.3. The smallest absolute Gasteiger partial charge is 0.344 e. The van der Waals surface area contributed by atoms with Crippen LogP contribution in [0.4, 0.5) is 0 Å². The van der Waals surface area contributed by atoms with Gasteiger partial charge in [-0.15, -0.1) is 0 Å². The van der Waals surface area contributed by atoms with Gasteiger partial charge in [0.2, 0.25) is 0 Å². The molecule has 1 aliphatic rings. The fourth-order valence-electron chi connectivity index (χ4n) is 4.52. The first-order valence-corrected chi connectivity index (χ1v) is 14.5. The van der Waals surface area contributed by atoms with Gasteiger partial charge in [-0.05, 0) is 57.0 Å². The summed E-state index contributed by atoms with van der Waals surface area (Å²) in [5.41, 5.74) is 1.78. The molecule has 0 unspecified atom stereocenters. The number of esters is 2. The summed E-state index contributed by atoms with van der Waals surface area (Å²) in [6.07, 6.45) is 2.52. The molecule has 0 spiro atoms. The number of rotatable bonds is 12. The quantitative estimate of drug-likeness (QED) is 0.293. The predicted molar refractivity (Wildman–Crippen MR) is 158 cm³/mol. The maximum absolute atomic E-state index is 14.0. The van der Waals surface area contributed by atoms with Crippen LogP contribution in [0.2, 0.25) is 0 Å². The molecule has 42 heavy (non-hydrogen) atoms. The third kappa shape index (κ3) is 6.57. The topological polar surface area (TPSA) is 115 Å². The molecule has 0 fully saturated rings. The van der Waals surface area contributed by atoms with Crippen molar-refractivity contribution in [2.24, 2.45) is 4.99 Å². The van der Waals surface area contributed by atoms with Gasteiger partial charge in [0.1, 0.15) is 11.8 Å². The zero-order valence-corrected chi connectivity index (χ0v) is 25.1. The van der Waals surface area contributed by atoms with Crippen molar-refractivity contribution in [2.75, 3.05) is 33.5 Å². The number of methoxy groups -OCH3 is 1. The van der Waals surface area contributed by atoms with Gasteiger partial charge in [-0.1, -0.05) is 42.5 Å². The molecule has 10 nitrogen and oxygen atoms in total. The summed E-state index contributed by atoms with van der Waals surface area (Å²) in [6.45, 7) is 7.87. The number of thiazole rings is 1. The molecule has 0 bridgehead atoms. The van der Waals surface area contributed by atoms with Gasteiger partial charge in [-0.25, -0.2) is 14.6 Å². The Morgan fingerprint density at radius 1 is 1.00 bits per heavy atom. The van der Waals surface area contributed by atoms with E-state index in [1.165, 1.54) is 23.0 Å². The third-order valence-electron chi connectivity index (χ3n) is 6.33. The van der Waals surface area contributed by atoms with Gasteiger partial charge in [-0.3, -0.25) is 9.36 Å². The molecule has 0 saturated carbocycles. The van der Waals surface area contributed by atoms with Crippen LogP contribution in [0.3, 0.4) is 0 Å². The molecular formula is C31H34N2O8S. The van der Waals surface area contributed by atoms with Crippen LogP contribution in [0.5, 0.6) is 17.2 Å². The normalized spacial score (nSPS) is 14.6. The second-order valence-corrected chi connectivity index (χ2v) is 10.2. The lowest BCUT2D eigenvalue weighted by atomic mass is 9.95. The number of allylic oxidation sites excluding steroid dienone is 1. The zero-order chi connectivity index (χ0) is 30.2. The highest BCUT2D eigenvalue weighted by Crippen LogP contribution is 2.36. The van der Waals surface area contributed by atoms with E-state index in [-0.39, 0.29) is 31.0 Å². The van der Waals surface area contributed by atoms with Crippen molar-refractivity contribution in [1.82, 2.24) is 4.57 Å². The second-order valence-electron chi connectivity index (χ2n) is 9.19. The maximum atomic E-state index is 14.0. The average molecular weight is 595 g/mol. The summed E-state index contributed by atoms with van der Waals surface area (Å²) in [7, 11) is 1.49. The van der Waals surface area contributed by atoms with E-state index in [1.807, 2.05) is 31.2 Å². The number of carbonyl (C=O) groups is 2. The minimum absolute atomic E-state index is 0.183. The Morgan fingerprint density at radius 3 is 2.48 bits per heavy atom. The molecular weight excluding hydrogens is 560 g/mol. The van der Waals surface area contributed by atoms with Crippen LogP contribution < -0.4 is 29.1 Å². The SMILES string of the molecule is CCCOc1ccccc1[C@@H]1C(C(=O)OCC)=C(C)N=c2s/c(=C\c3ccc(OCC(=O)OCC)c(OC)c3)c(=O)n21. The van der Waals surface area contributed by atoms with Crippen molar-refractivity contribution in [2.45, 2.75) is 40.2 Å². The molecule has 2 aromatic carbocycles. The number of ether oxygens (including phenoxy) is 5. The number of para-hydroxylation sites is 1. The molecule has 4 rings (SSSR count). The van der Waals surface area contributed by atoms with Crippen LogP contribution in [-0.2, 0) is 19.1 Å². The summed E-state index contributed by atoms with van der Waals surface area (Å²) in [5, 5.41) is 0. The molecule has 1 aliphatic heterocycles. The van der Waals surface area contributed by atoms with Crippen LogP contribution in [0, 0.1) is 0 Å². The van der Waals surface area contributed by atoms with Gasteiger partial charge in [0, 0.05) is 5.56 Å². The Balaban J connectivity index is 1.82. The highest BCUT2D eigenvalue weighted by molar-refractivity contribution is 7.07. The maximum Gasteiger partial charge on any atom is 0.344 e. The van der Waals surface area contributed by atoms with E-state index >= 15 is 0 Å². The Labute approximate surface area is 247 Å². The summed E-state index contributed by atoms with van der Waals surface area (Å²) in [5.74, 6) is 0.312. The Kier molecular flexibility index (Phi) is 10.2. The highest BCUT2D eigenvalue weighted by atomic mass is 32.1. The lowest BCUT2D eigenvalue weighted by Gasteiger charge is -2.26. The summed E-state index contributed by atoms with van der Waals surface area (Å²) >= 11 is 1.21. The number of aromatic nitrogens is 1. The Morgan fingerprint density at radius 2 is 1.76 bits per heavy atom. The van der Waals surface area contributed by atoms with Crippen molar-refractivity contribution >= 4 is 29.4 Å². The number of nitrogens with zero attached hydrogens (tertiary/aromatic N) is 2. The third-order valence-corrected chi connectivity index (χ3v) is 7.31. The monoisotopic (exact) mass is 594 g/mol. The molecule has 0 N–H and O–H groups in total. The molecule has 11 heteroatoms. The summed E-state index contributed by atoms with van der Waals surface area (Å²) in [6, 6.07) is 11.7. The summed E-state index contributed by atoms with van der Waals surface area (Å²) in [4.78, 5) is 44.0. The number of fused-ring (bicyclic) bond motifs is 1. The molecule has 3 aromatic rings. The van der Waals surface area contributed by atoms with Gasteiger partial charge < -0.3 is 23.7 Å². The minimum Gasteiger partial charge on any atom is -0.493 e. The van der Waals surface area contributed by atoms with E-state index in [0.717, 1.165) is 6.42 Å². The molecule has 0 amide bonds. The first kappa shape index (κ1) is 30.6. The number of hydrogen-bond donors (Lipinski definition) is 0. The van der Waals surface area contributed by atoms with Crippen LogP contribution >= 0.6 is 11.3 Å². The first-order chi connectivity index (χ1) is 20.3. The largest absolute Gasteiger partial charge is 0.493 e. The van der Waals surface area contributed by atoms with Crippen LogP contribution in [-0.4, -0.2) is 50.0 Å². The lowest BCUT2D eigenvalue weighted by molar-refractivity contribution is -0.145. The van der Waals surface area contributed by atoms with Gasteiger partial charge in [-0.2, -0.15) is 0 Å².